The molecule has 0 spiro atoms. The van der Waals surface area contributed by atoms with Crippen LogP contribution in [0.3, 0.4) is 0 Å². The number of piperazine rings is 1. The Morgan fingerprint density at radius 1 is 1.19 bits per heavy atom. The lowest BCUT2D eigenvalue weighted by molar-refractivity contribution is -0.556. The minimum Gasteiger partial charge on any atom is -0.459 e. The molecule has 32 heavy (non-hydrogen) atoms. The number of fused-ring (bicyclic) bond motifs is 1. The van der Waals surface area contributed by atoms with Gasteiger partial charge in [0.05, 0.1) is 6.26 Å². The number of carbonyl (C=O) groups is 4. The number of aliphatic imine (C=N–C) groups is 1. The Hall–Kier alpha value is -3.34. The van der Waals surface area contributed by atoms with E-state index in [-0.39, 0.29) is 11.7 Å². The second-order valence-electron chi connectivity index (χ2n) is 8.27. The molecule has 2 saturated heterocycles. The molecule has 4 heterocycles. The number of hydrogen-bond acceptors (Lipinski definition) is 7. The van der Waals surface area contributed by atoms with E-state index in [4.69, 9.17) is 4.42 Å². The predicted octanol–water partition coefficient (Wildman–Crippen LogP) is -0.270. The van der Waals surface area contributed by atoms with E-state index in [1.165, 1.54) is 25.1 Å². The van der Waals surface area contributed by atoms with E-state index in [0.29, 0.717) is 50.2 Å². The molecule has 0 aliphatic carbocycles. The van der Waals surface area contributed by atoms with E-state index in [0.717, 1.165) is 4.90 Å². The molecule has 1 aromatic rings. The highest BCUT2D eigenvalue weighted by Crippen LogP contribution is 2.21. The van der Waals surface area contributed by atoms with Gasteiger partial charge in [-0.15, -0.1) is 0 Å². The van der Waals surface area contributed by atoms with Crippen molar-refractivity contribution in [3.05, 3.63) is 24.2 Å². The number of furan rings is 1. The van der Waals surface area contributed by atoms with Crippen molar-refractivity contribution in [2.24, 2.45) is 4.99 Å². The van der Waals surface area contributed by atoms with Gasteiger partial charge in [-0.2, -0.15) is 0 Å². The molecule has 3 aliphatic heterocycles. The number of amidine groups is 2. The number of carbonyl (C=O) groups excluding carboxylic acids is 4. The predicted molar refractivity (Wildman–Crippen MR) is 114 cm³/mol. The van der Waals surface area contributed by atoms with Gasteiger partial charge >= 0.3 is 11.9 Å². The molecule has 0 radical (unpaired) electrons. The Morgan fingerprint density at radius 2 is 1.88 bits per heavy atom. The summed E-state index contributed by atoms with van der Waals surface area (Å²) in [5, 5.41) is 0. The van der Waals surface area contributed by atoms with Gasteiger partial charge in [-0.1, -0.05) is 0 Å². The topological polar surface area (TPSA) is 110 Å². The van der Waals surface area contributed by atoms with Crippen LogP contribution in [-0.4, -0.2) is 118 Å². The standard InChI is InChI=1S/C21H27N6O5/c1-13(14(2)28)27-16(22-18-17(27)20(30)24(4)21(31)23(18)3)12-25-7-9-26(10-8-25)19(29)15-6-5-11-32-15/h5-6,11,13,17H,7-10,12H2,1-4H3/q+1. The molecular weight excluding hydrogens is 416 g/mol. The maximum absolute atomic E-state index is 12.9. The van der Waals surface area contributed by atoms with Crippen LogP contribution < -0.4 is 0 Å². The van der Waals surface area contributed by atoms with E-state index in [9.17, 15) is 19.2 Å². The zero-order valence-electron chi connectivity index (χ0n) is 18.6. The molecule has 0 bridgehead atoms. The summed E-state index contributed by atoms with van der Waals surface area (Å²) in [6.45, 7) is 5.88. The number of amides is 4. The Labute approximate surface area is 185 Å². The first-order valence-corrected chi connectivity index (χ1v) is 10.5. The highest BCUT2D eigenvalue weighted by molar-refractivity contribution is 6.23. The quantitative estimate of drug-likeness (QED) is 0.580. The molecule has 11 heteroatoms. The molecule has 4 amide bonds. The van der Waals surface area contributed by atoms with Gasteiger partial charge in [0.15, 0.2) is 17.6 Å². The monoisotopic (exact) mass is 443 g/mol. The van der Waals surface area contributed by atoms with Gasteiger partial charge in [-0.05, 0) is 31.0 Å². The first-order valence-electron chi connectivity index (χ1n) is 10.5. The van der Waals surface area contributed by atoms with E-state index >= 15 is 0 Å². The van der Waals surface area contributed by atoms with Crippen LogP contribution in [-0.2, 0) is 9.59 Å². The molecule has 0 N–H and O–H groups in total. The SMILES string of the molecule is CC(=O)C(C)[N+]1=C(CN2CCN(C(=O)c3ccco3)CC2)N=C2C1C(=O)N(C)C(=O)N2C. The number of urea groups is 1. The summed E-state index contributed by atoms with van der Waals surface area (Å²) in [4.78, 5) is 60.9. The fourth-order valence-corrected chi connectivity index (χ4v) is 4.24. The number of rotatable bonds is 5. The van der Waals surface area contributed by atoms with Crippen molar-refractivity contribution < 1.29 is 28.2 Å². The molecule has 3 aliphatic rings. The van der Waals surface area contributed by atoms with E-state index in [2.05, 4.69) is 9.89 Å². The van der Waals surface area contributed by atoms with Crippen molar-refractivity contribution in [2.45, 2.75) is 25.9 Å². The van der Waals surface area contributed by atoms with Gasteiger partial charge in [0.2, 0.25) is 0 Å². The molecule has 11 nitrogen and oxygen atoms in total. The number of likely N-dealkylation sites (N-methyl/N-ethyl adjacent to an activating group) is 2. The van der Waals surface area contributed by atoms with E-state index in [1.807, 2.05) is 0 Å². The largest absolute Gasteiger partial charge is 0.459 e. The van der Waals surface area contributed by atoms with Crippen molar-refractivity contribution in [1.82, 2.24) is 19.6 Å². The molecule has 4 rings (SSSR count). The number of ketones is 1. The molecule has 2 atom stereocenters. The molecule has 2 unspecified atom stereocenters. The first-order chi connectivity index (χ1) is 15.2. The van der Waals surface area contributed by atoms with Gasteiger partial charge in [0.1, 0.15) is 6.54 Å². The van der Waals surface area contributed by atoms with Gasteiger partial charge in [-0.25, -0.2) is 9.37 Å². The lowest BCUT2D eigenvalue weighted by Crippen LogP contribution is -2.63. The van der Waals surface area contributed by atoms with Crippen LogP contribution in [0.1, 0.15) is 24.4 Å². The number of nitrogens with zero attached hydrogens (tertiary/aromatic N) is 6. The van der Waals surface area contributed by atoms with Gasteiger partial charge in [0, 0.05) is 40.3 Å². The second kappa shape index (κ2) is 8.30. The maximum atomic E-state index is 12.9. The fourth-order valence-electron chi connectivity index (χ4n) is 4.24. The van der Waals surface area contributed by atoms with Crippen molar-refractivity contribution in [3.8, 4) is 0 Å². The number of imide groups is 1. The van der Waals surface area contributed by atoms with Crippen LogP contribution in [0.25, 0.3) is 0 Å². The first kappa shape index (κ1) is 21.9. The average Bonchev–Trinajstić information content (AvgIpc) is 3.44. The van der Waals surface area contributed by atoms with Crippen LogP contribution in [0.5, 0.6) is 0 Å². The van der Waals surface area contributed by atoms with Gasteiger partial charge in [-0.3, -0.25) is 29.1 Å². The molecule has 170 valence electrons. The Bertz CT molecular complexity index is 1020. The van der Waals surface area contributed by atoms with Crippen LogP contribution in [0.2, 0.25) is 0 Å². The van der Waals surface area contributed by atoms with Crippen molar-refractivity contribution in [1.29, 1.82) is 0 Å². The number of hydrogen-bond donors (Lipinski definition) is 0. The van der Waals surface area contributed by atoms with Crippen LogP contribution in [0, 0.1) is 0 Å². The number of Topliss-reactive ketones (excluding diaryl/α,β-unsaturated/α-hetero) is 1. The Kier molecular flexibility index (Phi) is 5.68. The van der Waals surface area contributed by atoms with Gasteiger partial charge < -0.3 is 9.32 Å². The molecule has 0 saturated carbocycles. The minimum atomic E-state index is -0.807. The summed E-state index contributed by atoms with van der Waals surface area (Å²) in [6.07, 6.45) is 1.48. The molecule has 0 aromatic carbocycles. The van der Waals surface area contributed by atoms with Crippen LogP contribution >= 0.6 is 0 Å². The molecule has 2 fully saturated rings. The van der Waals surface area contributed by atoms with Crippen LogP contribution in [0.15, 0.2) is 27.8 Å². The molecule has 1 aromatic heterocycles. The van der Waals surface area contributed by atoms with E-state index < -0.39 is 24.0 Å². The second-order valence-corrected chi connectivity index (χ2v) is 8.27. The minimum absolute atomic E-state index is 0.0946. The average molecular weight is 443 g/mol. The summed E-state index contributed by atoms with van der Waals surface area (Å²) in [6, 6.07) is 1.50. The maximum Gasteiger partial charge on any atom is 0.333 e. The summed E-state index contributed by atoms with van der Waals surface area (Å²) in [5.41, 5.74) is 0. The summed E-state index contributed by atoms with van der Waals surface area (Å²) in [5.74, 6) is 0.590. The fraction of sp³-hybridized carbons (Fsp3) is 0.524. The third kappa shape index (κ3) is 3.62. The third-order valence-corrected chi connectivity index (χ3v) is 6.31. The normalized spacial score (nSPS) is 22.9. The lowest BCUT2D eigenvalue weighted by Gasteiger charge is -2.33. The Balaban J connectivity index is 1.54. The van der Waals surface area contributed by atoms with Crippen molar-refractivity contribution in [2.75, 3.05) is 46.8 Å². The van der Waals surface area contributed by atoms with E-state index in [1.54, 1.807) is 35.6 Å². The summed E-state index contributed by atoms with van der Waals surface area (Å²) < 4.78 is 6.93. The van der Waals surface area contributed by atoms with Crippen molar-refractivity contribution in [3.63, 3.8) is 0 Å². The van der Waals surface area contributed by atoms with Crippen molar-refractivity contribution >= 4 is 35.3 Å². The molecular formula is C21H27N6O5+. The Morgan fingerprint density at radius 3 is 2.47 bits per heavy atom. The summed E-state index contributed by atoms with van der Waals surface area (Å²) >= 11 is 0. The highest BCUT2D eigenvalue weighted by atomic mass is 16.3. The zero-order chi connectivity index (χ0) is 23.2. The zero-order valence-corrected chi connectivity index (χ0v) is 18.6. The summed E-state index contributed by atoms with van der Waals surface area (Å²) in [7, 11) is 3.01. The third-order valence-electron chi connectivity index (χ3n) is 6.31. The smallest absolute Gasteiger partial charge is 0.333 e. The lowest BCUT2D eigenvalue weighted by atomic mass is 10.1. The van der Waals surface area contributed by atoms with Gasteiger partial charge in [0.25, 0.3) is 23.7 Å². The van der Waals surface area contributed by atoms with Crippen LogP contribution in [0.4, 0.5) is 4.79 Å². The highest BCUT2D eigenvalue weighted by Gasteiger charge is 2.54.